The van der Waals surface area contributed by atoms with E-state index in [9.17, 15) is 39.0 Å². The molecule has 0 N–H and O–H groups in total. The topological polar surface area (TPSA) is 156 Å². The van der Waals surface area contributed by atoms with Gasteiger partial charge in [-0.2, -0.15) is 0 Å². The van der Waals surface area contributed by atoms with Gasteiger partial charge in [-0.15, -0.1) is 0 Å². The molecule has 0 aromatic heterocycles. The minimum absolute atomic E-state index is 0.0121. The quantitative estimate of drug-likeness (QED) is 0.153. The van der Waals surface area contributed by atoms with Crippen molar-refractivity contribution in [3.05, 3.63) is 79.9 Å². The van der Waals surface area contributed by atoms with Crippen molar-refractivity contribution in [2.75, 3.05) is 6.61 Å². The van der Waals surface area contributed by atoms with E-state index in [2.05, 4.69) is 15.9 Å². The highest BCUT2D eigenvalue weighted by molar-refractivity contribution is 9.09. The largest absolute Gasteiger partial charge is 0.461 e. The summed E-state index contributed by atoms with van der Waals surface area (Å²) in [6, 6.07) is 8.83. The molecule has 2 rings (SSSR count). The van der Waals surface area contributed by atoms with Crippen molar-refractivity contribution in [2.24, 2.45) is 0 Å². The van der Waals surface area contributed by atoms with Crippen LogP contribution in [0.25, 0.3) is 0 Å². The van der Waals surface area contributed by atoms with Crippen molar-refractivity contribution in [1.82, 2.24) is 0 Å². The Morgan fingerprint density at radius 2 is 1.38 bits per heavy atom. The van der Waals surface area contributed by atoms with Crippen LogP contribution in [-0.4, -0.2) is 51.8 Å². The number of nitrogens with zero attached hydrogens (tertiary/aromatic N) is 2. The molecule has 0 aliphatic rings. The number of aldehydes is 1. The van der Waals surface area contributed by atoms with Crippen LogP contribution in [0.5, 0.6) is 0 Å². The van der Waals surface area contributed by atoms with Gasteiger partial charge in [0.05, 0.1) is 25.8 Å². The molecule has 3 atom stereocenters. The average Bonchev–Trinajstić information content (AvgIpc) is 2.80. The Labute approximate surface area is 187 Å². The van der Waals surface area contributed by atoms with Crippen molar-refractivity contribution >= 4 is 45.5 Å². The van der Waals surface area contributed by atoms with Gasteiger partial charge in [-0.05, 0) is 24.3 Å². The van der Waals surface area contributed by atoms with Crippen LogP contribution in [0.3, 0.4) is 0 Å². The van der Waals surface area contributed by atoms with E-state index in [-0.39, 0.29) is 28.8 Å². The molecule has 0 fully saturated rings. The number of carbonyl (C=O) groups is 3. The molecule has 2 aromatic rings. The maximum absolute atomic E-state index is 14.1. The molecule has 0 spiro atoms. The zero-order valence-corrected chi connectivity index (χ0v) is 17.5. The molecule has 0 aliphatic carbocycles. The molecular weight excluding hydrogens is 499 g/mol. The van der Waals surface area contributed by atoms with E-state index in [1.807, 2.05) is 0 Å². The molecule has 168 valence electrons. The summed E-state index contributed by atoms with van der Waals surface area (Å²) in [5.74, 6) is -1.94. The van der Waals surface area contributed by atoms with Crippen LogP contribution in [0, 0.1) is 20.2 Å². The molecule has 0 saturated heterocycles. The van der Waals surface area contributed by atoms with E-state index in [1.165, 1.54) is 12.1 Å². The number of halogens is 2. The zero-order valence-electron chi connectivity index (χ0n) is 16.0. The Bertz CT molecular complexity index is 1010. The summed E-state index contributed by atoms with van der Waals surface area (Å²) in [5, 5.41) is 21.3. The molecule has 11 nitrogen and oxygen atoms in total. The predicted molar refractivity (Wildman–Crippen MR) is 109 cm³/mol. The third-order valence-corrected chi connectivity index (χ3v) is 4.83. The van der Waals surface area contributed by atoms with Crippen molar-refractivity contribution in [1.29, 1.82) is 0 Å². The van der Waals surface area contributed by atoms with Crippen LogP contribution in [0.4, 0.5) is 15.8 Å². The maximum atomic E-state index is 14.1. The Morgan fingerprint density at radius 3 is 1.78 bits per heavy atom. The number of nitro benzene ring substituents is 2. The van der Waals surface area contributed by atoms with Gasteiger partial charge >= 0.3 is 11.9 Å². The van der Waals surface area contributed by atoms with Crippen LogP contribution >= 0.6 is 15.9 Å². The highest BCUT2D eigenvalue weighted by Crippen LogP contribution is 2.20. The molecule has 2 aromatic carbocycles. The van der Waals surface area contributed by atoms with Gasteiger partial charge in [0, 0.05) is 24.3 Å². The fraction of sp³-hybridized carbons (Fsp3) is 0.211. The number of benzene rings is 2. The second-order valence-electron chi connectivity index (χ2n) is 6.17. The Hall–Kier alpha value is -3.74. The number of hydrogen-bond acceptors (Lipinski definition) is 9. The number of ether oxygens (including phenoxy) is 2. The lowest BCUT2D eigenvalue weighted by atomic mass is 10.1. The molecule has 0 amide bonds. The first-order valence-electron chi connectivity index (χ1n) is 8.74. The first-order valence-corrected chi connectivity index (χ1v) is 9.66. The van der Waals surface area contributed by atoms with Crippen LogP contribution in [0.15, 0.2) is 48.5 Å². The fourth-order valence-electron chi connectivity index (χ4n) is 2.38. The van der Waals surface area contributed by atoms with Crippen LogP contribution in [0.2, 0.25) is 0 Å². The van der Waals surface area contributed by atoms with Gasteiger partial charge in [0.15, 0.2) is 18.6 Å². The van der Waals surface area contributed by atoms with Crippen molar-refractivity contribution < 1.29 is 38.1 Å². The summed E-state index contributed by atoms with van der Waals surface area (Å²) in [4.78, 5) is 54.1. The number of esters is 2. The minimum atomic E-state index is -2.26. The normalized spacial score (nSPS) is 13.3. The molecule has 32 heavy (non-hydrogen) atoms. The van der Waals surface area contributed by atoms with Gasteiger partial charge in [0.25, 0.3) is 11.4 Å². The Balaban J connectivity index is 2.03. The number of rotatable bonds is 10. The van der Waals surface area contributed by atoms with Gasteiger partial charge in [-0.25, -0.2) is 14.0 Å². The summed E-state index contributed by atoms with van der Waals surface area (Å²) in [5.41, 5.74) is -0.640. The highest BCUT2D eigenvalue weighted by Gasteiger charge is 2.33. The van der Waals surface area contributed by atoms with Gasteiger partial charge < -0.3 is 9.47 Å². The predicted octanol–water partition coefficient (Wildman–Crippen LogP) is 3.19. The molecule has 0 bridgehead atoms. The molecule has 13 heteroatoms. The monoisotopic (exact) mass is 512 g/mol. The second-order valence-corrected chi connectivity index (χ2v) is 7.35. The SMILES string of the molecule is O=C[C@@H](F)[C@H](OC(=O)c1ccc([N+](=O)[O-])cc1)[C@@H](Br)COC(=O)c1ccc([N+](=O)[O-])cc1. The lowest BCUT2D eigenvalue weighted by Gasteiger charge is -2.23. The second kappa shape index (κ2) is 11.0. The first kappa shape index (κ1) is 24.5. The van der Waals surface area contributed by atoms with Crippen LogP contribution in [-0.2, 0) is 14.3 Å². The number of carbonyl (C=O) groups excluding carboxylic acids is 3. The van der Waals surface area contributed by atoms with E-state index < -0.39 is 45.5 Å². The van der Waals surface area contributed by atoms with Crippen LogP contribution < -0.4 is 0 Å². The van der Waals surface area contributed by atoms with Crippen LogP contribution in [0.1, 0.15) is 20.7 Å². The van der Waals surface area contributed by atoms with E-state index in [1.54, 1.807) is 0 Å². The Morgan fingerprint density at radius 1 is 0.938 bits per heavy atom. The minimum Gasteiger partial charge on any atom is -0.461 e. The zero-order chi connectivity index (χ0) is 23.8. The summed E-state index contributed by atoms with van der Waals surface area (Å²) < 4.78 is 24.1. The lowest BCUT2D eigenvalue weighted by molar-refractivity contribution is -0.385. The van der Waals surface area contributed by atoms with E-state index in [0.717, 1.165) is 36.4 Å². The molecule has 0 radical (unpaired) electrons. The van der Waals surface area contributed by atoms with E-state index >= 15 is 0 Å². The van der Waals surface area contributed by atoms with E-state index in [0.29, 0.717) is 0 Å². The van der Waals surface area contributed by atoms with Gasteiger partial charge in [0.1, 0.15) is 6.61 Å². The van der Waals surface area contributed by atoms with Gasteiger partial charge in [0.2, 0.25) is 0 Å². The summed E-state index contributed by atoms with van der Waals surface area (Å²) in [6.45, 7) is -0.512. The third kappa shape index (κ3) is 6.38. The number of non-ortho nitro benzene ring substituents is 2. The summed E-state index contributed by atoms with van der Waals surface area (Å²) >= 11 is 3.02. The lowest BCUT2D eigenvalue weighted by Crippen LogP contribution is -2.39. The molecule has 0 unspecified atom stereocenters. The number of alkyl halides is 2. The molecule has 0 saturated carbocycles. The van der Waals surface area contributed by atoms with E-state index in [4.69, 9.17) is 9.47 Å². The standard InChI is InChI=1S/C19H14BrFN2O9/c20-15(10-31-18(25)11-1-5-13(6-2-11)22(27)28)17(16(21)9-24)32-19(26)12-3-7-14(8-4-12)23(29)30/h1-9,15-17H,10H2/t15-,16+,17+/m0/s1. The van der Waals surface area contributed by atoms with Gasteiger partial charge in [-0.1, -0.05) is 15.9 Å². The van der Waals surface area contributed by atoms with Crippen molar-refractivity contribution in [3.8, 4) is 0 Å². The number of hydrogen-bond donors (Lipinski definition) is 0. The van der Waals surface area contributed by atoms with Crippen molar-refractivity contribution in [3.63, 3.8) is 0 Å². The molecule has 0 aliphatic heterocycles. The Kier molecular flexibility index (Phi) is 8.46. The summed E-state index contributed by atoms with van der Waals surface area (Å²) in [6.07, 6.45) is -4.04. The maximum Gasteiger partial charge on any atom is 0.338 e. The molecular formula is C19H14BrFN2O9. The highest BCUT2D eigenvalue weighted by atomic mass is 79.9. The third-order valence-electron chi connectivity index (χ3n) is 4.04. The first-order chi connectivity index (χ1) is 15.1. The smallest absolute Gasteiger partial charge is 0.338 e. The summed E-state index contributed by atoms with van der Waals surface area (Å²) in [7, 11) is 0. The fourth-order valence-corrected chi connectivity index (χ4v) is 2.91. The van der Waals surface area contributed by atoms with Crippen molar-refractivity contribution in [2.45, 2.75) is 17.1 Å². The van der Waals surface area contributed by atoms with Gasteiger partial charge in [-0.3, -0.25) is 25.0 Å². The number of nitro groups is 2. The molecule has 0 heterocycles. The average molecular weight is 513 g/mol.